The van der Waals surface area contributed by atoms with E-state index in [0.717, 1.165) is 5.82 Å². The number of nitrogens with zero attached hydrogens (tertiary/aromatic N) is 2. The predicted octanol–water partition coefficient (Wildman–Crippen LogP) is 1.82. The highest BCUT2D eigenvalue weighted by Crippen LogP contribution is 2.12. The van der Waals surface area contributed by atoms with Crippen LogP contribution in [0, 0.1) is 0 Å². The number of amides is 2. The maximum absolute atomic E-state index is 11.5. The second-order valence-electron chi connectivity index (χ2n) is 3.57. The molecule has 0 bridgehead atoms. The lowest BCUT2D eigenvalue weighted by Gasteiger charge is -2.06. The molecule has 0 aliphatic heterocycles. The van der Waals surface area contributed by atoms with Gasteiger partial charge in [0.25, 0.3) is 0 Å². The number of aromatic nitrogens is 3. The Labute approximate surface area is 109 Å². The van der Waals surface area contributed by atoms with E-state index in [9.17, 15) is 4.79 Å². The zero-order valence-corrected chi connectivity index (χ0v) is 10.2. The standard InChI is InChI=1S/C11H12ClN5O/c12-8-1-3-9(4-2-8)16-11(18)13-6-5-10-14-7-15-17-10/h1-4,7H,5-6H2,(H2,13,16,18)(H,14,15,17). The van der Waals surface area contributed by atoms with Gasteiger partial charge in [-0.15, -0.1) is 0 Å². The quantitative estimate of drug-likeness (QED) is 0.789. The molecule has 0 saturated heterocycles. The number of halogens is 1. The van der Waals surface area contributed by atoms with Crippen LogP contribution >= 0.6 is 11.6 Å². The molecule has 94 valence electrons. The second kappa shape index (κ2) is 6.02. The van der Waals surface area contributed by atoms with E-state index in [-0.39, 0.29) is 6.03 Å². The minimum Gasteiger partial charge on any atom is -0.337 e. The average molecular weight is 266 g/mol. The van der Waals surface area contributed by atoms with Gasteiger partial charge < -0.3 is 10.6 Å². The number of hydrogen-bond acceptors (Lipinski definition) is 3. The maximum Gasteiger partial charge on any atom is 0.319 e. The van der Waals surface area contributed by atoms with Crippen molar-refractivity contribution in [1.82, 2.24) is 20.5 Å². The first-order chi connectivity index (χ1) is 8.74. The van der Waals surface area contributed by atoms with E-state index >= 15 is 0 Å². The van der Waals surface area contributed by atoms with Crippen molar-refractivity contribution in [3.8, 4) is 0 Å². The number of urea groups is 1. The van der Waals surface area contributed by atoms with Crippen molar-refractivity contribution in [2.75, 3.05) is 11.9 Å². The Morgan fingerprint density at radius 1 is 1.33 bits per heavy atom. The molecule has 2 amide bonds. The summed E-state index contributed by atoms with van der Waals surface area (Å²) in [6.45, 7) is 0.481. The summed E-state index contributed by atoms with van der Waals surface area (Å²) in [4.78, 5) is 15.5. The van der Waals surface area contributed by atoms with Gasteiger partial charge in [-0.25, -0.2) is 9.78 Å². The molecule has 0 aliphatic rings. The van der Waals surface area contributed by atoms with Crippen LogP contribution in [0.3, 0.4) is 0 Å². The molecule has 0 atom stereocenters. The highest BCUT2D eigenvalue weighted by molar-refractivity contribution is 6.30. The van der Waals surface area contributed by atoms with Crippen LogP contribution in [-0.4, -0.2) is 27.8 Å². The SMILES string of the molecule is O=C(NCCc1ncn[nH]1)Nc1ccc(Cl)cc1. The number of rotatable bonds is 4. The summed E-state index contributed by atoms with van der Waals surface area (Å²) < 4.78 is 0. The summed E-state index contributed by atoms with van der Waals surface area (Å²) in [6.07, 6.45) is 2.04. The van der Waals surface area contributed by atoms with Crippen LogP contribution in [0.25, 0.3) is 0 Å². The van der Waals surface area contributed by atoms with Gasteiger partial charge in [0.2, 0.25) is 0 Å². The molecule has 2 aromatic rings. The van der Waals surface area contributed by atoms with Crippen LogP contribution in [0.1, 0.15) is 5.82 Å². The second-order valence-corrected chi connectivity index (χ2v) is 4.01. The normalized spacial score (nSPS) is 10.1. The summed E-state index contributed by atoms with van der Waals surface area (Å²) in [6, 6.07) is 6.63. The van der Waals surface area contributed by atoms with E-state index in [0.29, 0.717) is 23.7 Å². The van der Waals surface area contributed by atoms with Gasteiger partial charge in [0.1, 0.15) is 12.2 Å². The topological polar surface area (TPSA) is 82.7 Å². The van der Waals surface area contributed by atoms with Gasteiger partial charge in [-0.2, -0.15) is 5.10 Å². The van der Waals surface area contributed by atoms with Gasteiger partial charge in [0.05, 0.1) is 0 Å². The lowest BCUT2D eigenvalue weighted by atomic mass is 10.3. The molecule has 2 rings (SSSR count). The summed E-state index contributed by atoms with van der Waals surface area (Å²) in [5, 5.41) is 12.5. The number of aromatic amines is 1. The van der Waals surface area contributed by atoms with Gasteiger partial charge in [0, 0.05) is 23.7 Å². The van der Waals surface area contributed by atoms with Crippen molar-refractivity contribution in [2.24, 2.45) is 0 Å². The molecular formula is C11H12ClN5O. The summed E-state index contributed by atoms with van der Waals surface area (Å²) >= 11 is 5.74. The maximum atomic E-state index is 11.5. The van der Waals surface area contributed by atoms with Crippen LogP contribution in [0.2, 0.25) is 5.02 Å². The van der Waals surface area contributed by atoms with Crippen LogP contribution in [-0.2, 0) is 6.42 Å². The van der Waals surface area contributed by atoms with Crippen molar-refractivity contribution < 1.29 is 4.79 Å². The monoisotopic (exact) mass is 265 g/mol. The van der Waals surface area contributed by atoms with Crippen molar-refractivity contribution in [2.45, 2.75) is 6.42 Å². The Kier molecular flexibility index (Phi) is 4.14. The summed E-state index contributed by atoms with van der Waals surface area (Å²) in [7, 11) is 0. The van der Waals surface area contributed by atoms with Crippen molar-refractivity contribution in [1.29, 1.82) is 0 Å². The lowest BCUT2D eigenvalue weighted by Crippen LogP contribution is -2.30. The molecule has 0 aliphatic carbocycles. The van der Waals surface area contributed by atoms with E-state index in [1.165, 1.54) is 6.33 Å². The van der Waals surface area contributed by atoms with Crippen LogP contribution in [0.4, 0.5) is 10.5 Å². The van der Waals surface area contributed by atoms with Crippen molar-refractivity contribution in [3.05, 3.63) is 41.4 Å². The molecule has 0 fully saturated rings. The number of H-pyrrole nitrogens is 1. The fraction of sp³-hybridized carbons (Fsp3) is 0.182. The molecule has 1 aromatic heterocycles. The first kappa shape index (κ1) is 12.4. The summed E-state index contributed by atoms with van der Waals surface area (Å²) in [5.74, 6) is 0.738. The van der Waals surface area contributed by atoms with E-state index in [4.69, 9.17) is 11.6 Å². The zero-order valence-electron chi connectivity index (χ0n) is 9.48. The molecule has 6 nitrogen and oxygen atoms in total. The van der Waals surface area contributed by atoms with E-state index < -0.39 is 0 Å². The Balaban J connectivity index is 1.73. The lowest BCUT2D eigenvalue weighted by molar-refractivity contribution is 0.252. The number of anilines is 1. The van der Waals surface area contributed by atoms with Crippen LogP contribution in [0.15, 0.2) is 30.6 Å². The number of nitrogens with one attached hydrogen (secondary N) is 3. The van der Waals surface area contributed by atoms with Gasteiger partial charge >= 0.3 is 6.03 Å². The van der Waals surface area contributed by atoms with Crippen LogP contribution in [0.5, 0.6) is 0 Å². The van der Waals surface area contributed by atoms with E-state index in [2.05, 4.69) is 25.8 Å². The molecule has 7 heteroatoms. The van der Waals surface area contributed by atoms with Crippen molar-refractivity contribution in [3.63, 3.8) is 0 Å². The minimum absolute atomic E-state index is 0.267. The van der Waals surface area contributed by atoms with Gasteiger partial charge in [0.15, 0.2) is 0 Å². The molecule has 1 heterocycles. The number of carbonyl (C=O) groups is 1. The molecule has 0 unspecified atom stereocenters. The Morgan fingerprint density at radius 2 is 2.11 bits per heavy atom. The molecule has 3 N–H and O–H groups in total. The number of benzene rings is 1. The molecule has 0 saturated carbocycles. The third-order valence-corrected chi connectivity index (χ3v) is 2.47. The summed E-state index contributed by atoms with van der Waals surface area (Å²) in [5.41, 5.74) is 0.691. The first-order valence-electron chi connectivity index (χ1n) is 5.39. The van der Waals surface area contributed by atoms with Gasteiger partial charge in [-0.1, -0.05) is 11.6 Å². The van der Waals surface area contributed by atoms with E-state index in [1.54, 1.807) is 24.3 Å². The number of hydrogen-bond donors (Lipinski definition) is 3. The third-order valence-electron chi connectivity index (χ3n) is 2.21. The highest BCUT2D eigenvalue weighted by Gasteiger charge is 2.02. The third kappa shape index (κ3) is 3.74. The Morgan fingerprint density at radius 3 is 2.78 bits per heavy atom. The molecule has 18 heavy (non-hydrogen) atoms. The first-order valence-corrected chi connectivity index (χ1v) is 5.76. The molecule has 0 radical (unpaired) electrons. The smallest absolute Gasteiger partial charge is 0.319 e. The molecular weight excluding hydrogens is 254 g/mol. The number of carbonyl (C=O) groups excluding carboxylic acids is 1. The fourth-order valence-electron chi connectivity index (χ4n) is 1.35. The van der Waals surface area contributed by atoms with E-state index in [1.807, 2.05) is 0 Å². The van der Waals surface area contributed by atoms with Crippen LogP contribution < -0.4 is 10.6 Å². The minimum atomic E-state index is -0.267. The highest BCUT2D eigenvalue weighted by atomic mass is 35.5. The molecule has 1 aromatic carbocycles. The Hall–Kier alpha value is -2.08. The average Bonchev–Trinajstić information content (AvgIpc) is 2.85. The fourth-order valence-corrected chi connectivity index (χ4v) is 1.48. The van der Waals surface area contributed by atoms with Gasteiger partial charge in [-0.05, 0) is 24.3 Å². The largest absolute Gasteiger partial charge is 0.337 e. The van der Waals surface area contributed by atoms with Crippen molar-refractivity contribution >= 4 is 23.3 Å². The van der Waals surface area contributed by atoms with Gasteiger partial charge in [-0.3, -0.25) is 5.10 Å². The zero-order chi connectivity index (χ0) is 12.8. The molecule has 0 spiro atoms. The predicted molar refractivity (Wildman–Crippen MR) is 68.6 cm³/mol. The Bertz CT molecular complexity index is 497.